The van der Waals surface area contributed by atoms with E-state index >= 15 is 0 Å². The summed E-state index contributed by atoms with van der Waals surface area (Å²) in [5.74, 6) is -0.275. The van der Waals surface area contributed by atoms with Gasteiger partial charge in [0.2, 0.25) is 5.91 Å². The van der Waals surface area contributed by atoms with Gasteiger partial charge in [-0.15, -0.1) is 0 Å². The fraction of sp³-hybridized carbons (Fsp3) is 0.280. The number of benzene rings is 2. The Labute approximate surface area is 178 Å². The molecule has 0 saturated carbocycles. The molecule has 2 aromatic carbocycles. The van der Waals surface area contributed by atoms with Crippen LogP contribution >= 0.6 is 0 Å². The standard InChI is InChI=1S/C25H28N4O/c26-25(30)24-23(12-7-17-29(24)22-13-15-27-16-14-22)28(18-20-8-3-1-4-9-20)19-21-10-5-2-6-11-21/h1-6,8-11,13-16,23-24H,7,12,17-19H2,(H2,26,30). The van der Waals surface area contributed by atoms with Gasteiger partial charge in [-0.25, -0.2) is 0 Å². The third-order valence-electron chi connectivity index (χ3n) is 5.81. The Morgan fingerprint density at radius 1 is 0.933 bits per heavy atom. The van der Waals surface area contributed by atoms with E-state index in [1.165, 1.54) is 11.1 Å². The maximum absolute atomic E-state index is 12.7. The van der Waals surface area contributed by atoms with Crippen molar-refractivity contribution in [2.24, 2.45) is 5.73 Å². The number of piperidine rings is 1. The zero-order valence-electron chi connectivity index (χ0n) is 17.1. The van der Waals surface area contributed by atoms with E-state index in [-0.39, 0.29) is 18.0 Å². The number of primary amides is 1. The maximum Gasteiger partial charge on any atom is 0.241 e. The van der Waals surface area contributed by atoms with Crippen LogP contribution < -0.4 is 10.6 Å². The molecule has 2 atom stereocenters. The summed E-state index contributed by atoms with van der Waals surface area (Å²) >= 11 is 0. The molecule has 3 aromatic rings. The summed E-state index contributed by atoms with van der Waals surface area (Å²) in [5, 5.41) is 0. The van der Waals surface area contributed by atoms with E-state index in [2.05, 4.69) is 63.3 Å². The van der Waals surface area contributed by atoms with Crippen molar-refractivity contribution in [3.63, 3.8) is 0 Å². The molecule has 1 fully saturated rings. The van der Waals surface area contributed by atoms with Crippen molar-refractivity contribution < 1.29 is 4.79 Å². The molecule has 0 aliphatic carbocycles. The minimum absolute atomic E-state index is 0.0322. The summed E-state index contributed by atoms with van der Waals surface area (Å²) in [6.07, 6.45) is 5.48. The van der Waals surface area contributed by atoms with Crippen LogP contribution in [0.25, 0.3) is 0 Å². The zero-order chi connectivity index (χ0) is 20.8. The van der Waals surface area contributed by atoms with Gasteiger partial charge in [-0.1, -0.05) is 60.7 Å². The van der Waals surface area contributed by atoms with Crippen molar-refractivity contribution in [3.05, 3.63) is 96.3 Å². The number of rotatable bonds is 7. The number of nitrogens with zero attached hydrogens (tertiary/aromatic N) is 3. The molecule has 2 heterocycles. The smallest absolute Gasteiger partial charge is 0.241 e. The number of anilines is 1. The van der Waals surface area contributed by atoms with Crippen molar-refractivity contribution >= 4 is 11.6 Å². The van der Waals surface area contributed by atoms with Crippen LogP contribution in [0.2, 0.25) is 0 Å². The van der Waals surface area contributed by atoms with Crippen molar-refractivity contribution in [1.29, 1.82) is 0 Å². The van der Waals surface area contributed by atoms with Crippen molar-refractivity contribution in [1.82, 2.24) is 9.88 Å². The molecule has 154 valence electrons. The number of amides is 1. The highest BCUT2D eigenvalue weighted by Gasteiger charge is 2.39. The van der Waals surface area contributed by atoms with Crippen molar-refractivity contribution in [3.8, 4) is 0 Å². The second-order valence-corrected chi connectivity index (χ2v) is 7.83. The second-order valence-electron chi connectivity index (χ2n) is 7.83. The van der Waals surface area contributed by atoms with Crippen LogP contribution in [0, 0.1) is 0 Å². The van der Waals surface area contributed by atoms with Gasteiger partial charge in [-0.05, 0) is 36.1 Å². The lowest BCUT2D eigenvalue weighted by Crippen LogP contribution is -2.60. The first-order valence-electron chi connectivity index (χ1n) is 10.5. The van der Waals surface area contributed by atoms with Gasteiger partial charge in [-0.3, -0.25) is 14.7 Å². The van der Waals surface area contributed by atoms with Crippen LogP contribution in [0.1, 0.15) is 24.0 Å². The molecule has 2 unspecified atom stereocenters. The number of pyridine rings is 1. The molecule has 1 aliphatic rings. The molecule has 30 heavy (non-hydrogen) atoms. The Kier molecular flexibility index (Phi) is 6.40. The molecule has 2 N–H and O–H groups in total. The molecule has 5 nitrogen and oxygen atoms in total. The van der Waals surface area contributed by atoms with Crippen LogP contribution in [0.3, 0.4) is 0 Å². The Morgan fingerprint density at radius 2 is 1.50 bits per heavy atom. The normalized spacial score (nSPS) is 19.0. The molecule has 5 heteroatoms. The third-order valence-corrected chi connectivity index (χ3v) is 5.81. The summed E-state index contributed by atoms with van der Waals surface area (Å²) in [6.45, 7) is 2.36. The number of hydrogen-bond acceptors (Lipinski definition) is 4. The van der Waals surface area contributed by atoms with E-state index in [0.717, 1.165) is 38.2 Å². The van der Waals surface area contributed by atoms with Crippen molar-refractivity contribution in [2.75, 3.05) is 11.4 Å². The predicted molar refractivity (Wildman–Crippen MR) is 120 cm³/mol. The van der Waals surface area contributed by atoms with Gasteiger partial charge in [0, 0.05) is 43.8 Å². The summed E-state index contributed by atoms with van der Waals surface area (Å²) in [6, 6.07) is 24.4. The summed E-state index contributed by atoms with van der Waals surface area (Å²) in [5.41, 5.74) is 9.45. The van der Waals surface area contributed by atoms with Gasteiger partial charge in [0.15, 0.2) is 0 Å². The van der Waals surface area contributed by atoms with E-state index < -0.39 is 0 Å². The predicted octanol–water partition coefficient (Wildman–Crippen LogP) is 3.61. The first kappa shape index (κ1) is 20.1. The molecule has 1 aromatic heterocycles. The molecule has 0 spiro atoms. The van der Waals surface area contributed by atoms with E-state index in [4.69, 9.17) is 5.73 Å². The van der Waals surface area contributed by atoms with E-state index in [1.54, 1.807) is 12.4 Å². The minimum atomic E-state index is -0.381. The fourth-order valence-electron chi connectivity index (χ4n) is 4.45. The van der Waals surface area contributed by atoms with Crippen LogP contribution in [0.15, 0.2) is 85.2 Å². The SMILES string of the molecule is NC(=O)C1C(N(Cc2ccccc2)Cc2ccccc2)CCCN1c1ccncc1. The van der Waals surface area contributed by atoms with Gasteiger partial charge in [0.1, 0.15) is 6.04 Å². The Bertz CT molecular complexity index is 892. The second kappa shape index (κ2) is 9.55. The van der Waals surface area contributed by atoms with Gasteiger partial charge < -0.3 is 10.6 Å². The summed E-state index contributed by atoms with van der Waals surface area (Å²) in [7, 11) is 0. The van der Waals surface area contributed by atoms with E-state index in [1.807, 2.05) is 24.3 Å². The molecule has 0 radical (unpaired) electrons. The quantitative estimate of drug-likeness (QED) is 0.658. The molecule has 1 saturated heterocycles. The number of carbonyl (C=O) groups is 1. The van der Waals surface area contributed by atoms with Crippen LogP contribution in [0.4, 0.5) is 5.69 Å². The van der Waals surface area contributed by atoms with E-state index in [9.17, 15) is 4.79 Å². The highest BCUT2D eigenvalue weighted by Crippen LogP contribution is 2.29. The number of hydrogen-bond donors (Lipinski definition) is 1. The van der Waals surface area contributed by atoms with Crippen LogP contribution in [-0.4, -0.2) is 34.4 Å². The zero-order valence-corrected chi connectivity index (χ0v) is 17.1. The lowest BCUT2D eigenvalue weighted by atomic mass is 9.92. The molecule has 1 aliphatic heterocycles. The minimum Gasteiger partial charge on any atom is -0.368 e. The first-order valence-corrected chi connectivity index (χ1v) is 10.5. The molecular weight excluding hydrogens is 372 g/mol. The summed E-state index contributed by atoms with van der Waals surface area (Å²) < 4.78 is 0. The molecule has 0 bridgehead atoms. The number of carbonyl (C=O) groups excluding carboxylic acids is 1. The molecular formula is C25H28N4O. The van der Waals surface area contributed by atoms with Gasteiger partial charge in [0.05, 0.1) is 0 Å². The van der Waals surface area contributed by atoms with E-state index in [0.29, 0.717) is 0 Å². The number of aromatic nitrogens is 1. The third kappa shape index (κ3) is 4.69. The maximum atomic E-state index is 12.7. The summed E-state index contributed by atoms with van der Waals surface area (Å²) in [4.78, 5) is 21.4. The first-order chi connectivity index (χ1) is 14.7. The topological polar surface area (TPSA) is 62.5 Å². The van der Waals surface area contributed by atoms with Gasteiger partial charge >= 0.3 is 0 Å². The lowest BCUT2D eigenvalue weighted by molar-refractivity contribution is -0.121. The highest BCUT2D eigenvalue weighted by molar-refractivity contribution is 5.85. The van der Waals surface area contributed by atoms with Gasteiger partial charge in [0.25, 0.3) is 0 Å². The highest BCUT2D eigenvalue weighted by atomic mass is 16.1. The number of nitrogens with two attached hydrogens (primary N) is 1. The average Bonchev–Trinajstić information content (AvgIpc) is 2.80. The lowest BCUT2D eigenvalue weighted by Gasteiger charge is -2.45. The largest absolute Gasteiger partial charge is 0.368 e. The Balaban J connectivity index is 1.66. The Hall–Kier alpha value is -3.18. The van der Waals surface area contributed by atoms with Crippen LogP contribution in [-0.2, 0) is 17.9 Å². The average molecular weight is 401 g/mol. The van der Waals surface area contributed by atoms with Crippen molar-refractivity contribution in [2.45, 2.75) is 38.0 Å². The monoisotopic (exact) mass is 400 g/mol. The molecule has 1 amide bonds. The van der Waals surface area contributed by atoms with Gasteiger partial charge in [-0.2, -0.15) is 0 Å². The fourth-order valence-corrected chi connectivity index (χ4v) is 4.45. The Morgan fingerprint density at radius 3 is 2.03 bits per heavy atom. The van der Waals surface area contributed by atoms with Crippen LogP contribution in [0.5, 0.6) is 0 Å². The molecule has 4 rings (SSSR count).